The van der Waals surface area contributed by atoms with Crippen molar-refractivity contribution in [2.24, 2.45) is 5.92 Å². The van der Waals surface area contributed by atoms with Crippen LogP contribution < -0.4 is 5.32 Å². The number of imidazole rings is 1. The molecule has 1 atom stereocenters. The molecule has 2 amide bonds. The van der Waals surface area contributed by atoms with Gasteiger partial charge in [-0.05, 0) is 37.8 Å². The summed E-state index contributed by atoms with van der Waals surface area (Å²) in [4.78, 5) is 32.3. The molecule has 1 aliphatic carbocycles. The Bertz CT molecular complexity index is 1100. The monoisotopic (exact) mass is 444 g/mol. The summed E-state index contributed by atoms with van der Waals surface area (Å²) >= 11 is 0. The fourth-order valence-corrected chi connectivity index (χ4v) is 4.19. The number of ether oxygens (including phenoxy) is 1. The third-order valence-electron chi connectivity index (χ3n) is 6.08. The van der Waals surface area contributed by atoms with E-state index < -0.39 is 0 Å². The molecule has 2 fully saturated rings. The molecule has 2 heterocycles. The van der Waals surface area contributed by atoms with E-state index in [4.69, 9.17) is 9.72 Å². The van der Waals surface area contributed by atoms with Crippen LogP contribution >= 0.6 is 0 Å². The van der Waals surface area contributed by atoms with E-state index in [1.807, 2.05) is 71.4 Å². The van der Waals surface area contributed by atoms with E-state index in [1.54, 1.807) is 4.90 Å². The number of carbonyl (C=O) groups is 2. The Balaban J connectivity index is 1.37. The van der Waals surface area contributed by atoms with Crippen LogP contribution in [0.25, 0.3) is 16.9 Å². The summed E-state index contributed by atoms with van der Waals surface area (Å²) in [6, 6.07) is 19.6. The van der Waals surface area contributed by atoms with Crippen molar-refractivity contribution in [3.8, 4) is 16.9 Å². The highest BCUT2D eigenvalue weighted by Crippen LogP contribution is 2.31. The van der Waals surface area contributed by atoms with Crippen LogP contribution in [0, 0.1) is 5.92 Å². The van der Waals surface area contributed by atoms with Crippen molar-refractivity contribution in [1.82, 2.24) is 14.5 Å². The molecule has 1 aromatic heterocycles. The maximum atomic E-state index is 13.1. The number of nitrogens with one attached hydrogen (secondary N) is 1. The predicted octanol–water partition coefficient (Wildman–Crippen LogP) is 3.90. The first-order chi connectivity index (χ1) is 16.2. The Morgan fingerprint density at radius 1 is 1.03 bits per heavy atom. The number of rotatable bonds is 8. The van der Waals surface area contributed by atoms with Gasteiger partial charge in [-0.3, -0.25) is 19.5 Å². The zero-order valence-corrected chi connectivity index (χ0v) is 18.5. The first-order valence-electron chi connectivity index (χ1n) is 11.6. The lowest BCUT2D eigenvalue weighted by Crippen LogP contribution is -2.43. The molecule has 1 N–H and O–H groups in total. The van der Waals surface area contributed by atoms with Crippen LogP contribution in [0.2, 0.25) is 0 Å². The van der Waals surface area contributed by atoms with Gasteiger partial charge in [0, 0.05) is 36.5 Å². The third-order valence-corrected chi connectivity index (χ3v) is 6.08. The van der Waals surface area contributed by atoms with Crippen LogP contribution in [-0.2, 0) is 14.3 Å². The number of carbonyl (C=O) groups excluding carboxylic acids is 2. The Labute approximate surface area is 193 Å². The lowest BCUT2D eigenvalue weighted by molar-refractivity contribution is -0.137. The molecule has 33 heavy (non-hydrogen) atoms. The summed E-state index contributed by atoms with van der Waals surface area (Å²) in [6.45, 7) is 1.18. The molecule has 7 nitrogen and oxygen atoms in total. The number of para-hydroxylation sites is 1. The van der Waals surface area contributed by atoms with Crippen LogP contribution in [0.5, 0.6) is 0 Å². The molecule has 0 bridgehead atoms. The summed E-state index contributed by atoms with van der Waals surface area (Å²) in [7, 11) is 0. The second kappa shape index (κ2) is 9.58. The van der Waals surface area contributed by atoms with Gasteiger partial charge >= 0.3 is 0 Å². The van der Waals surface area contributed by atoms with Crippen molar-refractivity contribution in [2.45, 2.75) is 31.8 Å². The molecular weight excluding hydrogens is 416 g/mol. The summed E-state index contributed by atoms with van der Waals surface area (Å²) in [6.07, 6.45) is 5.66. The summed E-state index contributed by atoms with van der Waals surface area (Å²) in [5.41, 5.74) is 2.62. The first kappa shape index (κ1) is 21.4. The number of aromatic nitrogens is 2. The molecule has 170 valence electrons. The van der Waals surface area contributed by atoms with Crippen molar-refractivity contribution in [2.75, 3.05) is 25.0 Å². The molecule has 1 saturated carbocycles. The first-order valence-corrected chi connectivity index (χ1v) is 11.6. The van der Waals surface area contributed by atoms with Gasteiger partial charge in [-0.2, -0.15) is 0 Å². The summed E-state index contributed by atoms with van der Waals surface area (Å²) in [5, 5.41) is 2.95. The van der Waals surface area contributed by atoms with Crippen molar-refractivity contribution in [3.05, 3.63) is 66.9 Å². The van der Waals surface area contributed by atoms with Gasteiger partial charge in [-0.15, -0.1) is 0 Å². The largest absolute Gasteiger partial charge is 0.376 e. The van der Waals surface area contributed by atoms with Crippen molar-refractivity contribution in [3.63, 3.8) is 0 Å². The molecule has 1 saturated heterocycles. The minimum absolute atomic E-state index is 0.00247. The molecule has 2 aromatic carbocycles. The van der Waals surface area contributed by atoms with Crippen molar-refractivity contribution in [1.29, 1.82) is 0 Å². The van der Waals surface area contributed by atoms with Crippen LogP contribution in [0.15, 0.2) is 66.9 Å². The van der Waals surface area contributed by atoms with Gasteiger partial charge in [0.2, 0.25) is 17.8 Å². The minimum atomic E-state index is -0.260. The van der Waals surface area contributed by atoms with E-state index in [0.29, 0.717) is 12.5 Å². The molecule has 7 heteroatoms. The fourth-order valence-electron chi connectivity index (χ4n) is 4.19. The smallest absolute Gasteiger partial charge is 0.246 e. The zero-order chi connectivity index (χ0) is 22.6. The predicted molar refractivity (Wildman–Crippen MR) is 126 cm³/mol. The maximum Gasteiger partial charge on any atom is 0.246 e. The van der Waals surface area contributed by atoms with E-state index in [2.05, 4.69) is 5.32 Å². The zero-order valence-electron chi connectivity index (χ0n) is 18.5. The van der Waals surface area contributed by atoms with Crippen LogP contribution in [0.3, 0.4) is 0 Å². The second-order valence-electron chi connectivity index (χ2n) is 8.70. The van der Waals surface area contributed by atoms with Gasteiger partial charge < -0.3 is 9.64 Å². The molecule has 0 radical (unpaired) electrons. The van der Waals surface area contributed by atoms with Crippen LogP contribution in [-0.4, -0.2) is 52.1 Å². The van der Waals surface area contributed by atoms with Gasteiger partial charge in [-0.1, -0.05) is 48.5 Å². The topological polar surface area (TPSA) is 76.5 Å². The molecule has 0 spiro atoms. The molecule has 2 aliphatic rings. The van der Waals surface area contributed by atoms with Gasteiger partial charge in [0.1, 0.15) is 6.54 Å². The maximum absolute atomic E-state index is 13.1. The molecule has 1 aliphatic heterocycles. The number of hydrogen-bond acceptors (Lipinski definition) is 4. The highest BCUT2D eigenvalue weighted by molar-refractivity contribution is 5.94. The number of nitrogens with zero attached hydrogens (tertiary/aromatic N) is 3. The van der Waals surface area contributed by atoms with E-state index in [1.165, 1.54) is 0 Å². The van der Waals surface area contributed by atoms with E-state index in [9.17, 15) is 9.59 Å². The highest BCUT2D eigenvalue weighted by atomic mass is 16.5. The Morgan fingerprint density at radius 3 is 2.42 bits per heavy atom. The fraction of sp³-hybridized carbons (Fsp3) is 0.346. The normalized spacial score (nSPS) is 17.6. The van der Waals surface area contributed by atoms with Crippen LogP contribution in [0.1, 0.15) is 25.7 Å². The van der Waals surface area contributed by atoms with Gasteiger partial charge in [0.25, 0.3) is 0 Å². The lowest BCUT2D eigenvalue weighted by atomic mass is 10.2. The average molecular weight is 445 g/mol. The SMILES string of the molecule is O=C(CN(CC1CCCO1)C(=O)C1CC1)Nc1nc(-c2ccccc2)cn1-c1ccccc1. The minimum Gasteiger partial charge on any atom is -0.376 e. The summed E-state index contributed by atoms with van der Waals surface area (Å²) in [5.74, 6) is 0.276. The van der Waals surface area contributed by atoms with Gasteiger partial charge in [0.05, 0.1) is 11.8 Å². The molecule has 3 aromatic rings. The van der Waals surface area contributed by atoms with Crippen LogP contribution in [0.4, 0.5) is 5.95 Å². The third kappa shape index (κ3) is 5.14. The van der Waals surface area contributed by atoms with E-state index in [0.717, 1.165) is 49.2 Å². The van der Waals surface area contributed by atoms with E-state index in [-0.39, 0.29) is 30.4 Å². The number of benzene rings is 2. The standard InChI is InChI=1S/C26H28N4O3/c31-24(18-29(25(32)20-13-14-20)16-22-12-7-15-33-22)28-26-27-23(19-8-3-1-4-9-19)17-30(26)21-10-5-2-6-11-21/h1-6,8-11,17,20,22H,7,12-16,18H2,(H,27,28,31). The Morgan fingerprint density at radius 2 is 1.76 bits per heavy atom. The van der Waals surface area contributed by atoms with Gasteiger partial charge in [-0.25, -0.2) is 4.98 Å². The Kier molecular flexibility index (Phi) is 6.21. The highest BCUT2D eigenvalue weighted by Gasteiger charge is 2.35. The number of anilines is 1. The molecule has 5 rings (SSSR count). The van der Waals surface area contributed by atoms with Crippen molar-refractivity contribution >= 4 is 17.8 Å². The number of amides is 2. The lowest BCUT2D eigenvalue weighted by Gasteiger charge is -2.25. The van der Waals surface area contributed by atoms with E-state index >= 15 is 0 Å². The summed E-state index contributed by atoms with van der Waals surface area (Å²) < 4.78 is 7.59. The Hall–Kier alpha value is -3.45. The second-order valence-corrected chi connectivity index (χ2v) is 8.70. The quantitative estimate of drug-likeness (QED) is 0.572. The number of hydrogen-bond donors (Lipinski definition) is 1. The molecular formula is C26H28N4O3. The average Bonchev–Trinajstić information content (AvgIpc) is 3.41. The van der Waals surface area contributed by atoms with Crippen molar-refractivity contribution < 1.29 is 14.3 Å². The van der Waals surface area contributed by atoms with Gasteiger partial charge in [0.15, 0.2) is 0 Å². The molecule has 1 unspecified atom stereocenters.